The van der Waals surface area contributed by atoms with Crippen molar-refractivity contribution in [1.82, 2.24) is 10.6 Å². The van der Waals surface area contributed by atoms with Gasteiger partial charge in [-0.2, -0.15) is 0 Å². The standard InChI is InChI=1S/C38H72N2O2/c1-3-5-7-9-11-13-15-17-19-21-23-25-27-29-31-33-37(41)39-35-36-40-38(42)34-32-30-28-26-24-22-20-18-16-14-12-10-8-6-4-2/h23-26H,3-22,27-36H2,1-2H3,(H,39,41)(H,40,42). The summed E-state index contributed by atoms with van der Waals surface area (Å²) in [4.78, 5) is 24.0. The average Bonchev–Trinajstić information content (AvgIpc) is 2.99. The summed E-state index contributed by atoms with van der Waals surface area (Å²) < 4.78 is 0. The Kier molecular flexibility index (Phi) is 34.3. The van der Waals surface area contributed by atoms with Gasteiger partial charge in [0, 0.05) is 25.9 Å². The highest BCUT2D eigenvalue weighted by Gasteiger charge is 2.02. The zero-order valence-electron chi connectivity index (χ0n) is 28.3. The summed E-state index contributed by atoms with van der Waals surface area (Å²) in [5.41, 5.74) is 0. The first-order chi connectivity index (χ1) is 20.7. The molecule has 0 aliphatic rings. The van der Waals surface area contributed by atoms with Crippen molar-refractivity contribution < 1.29 is 9.59 Å². The van der Waals surface area contributed by atoms with Crippen LogP contribution in [0.3, 0.4) is 0 Å². The van der Waals surface area contributed by atoms with Gasteiger partial charge in [0.1, 0.15) is 0 Å². The Hall–Kier alpha value is -1.58. The Balaban J connectivity index is 3.36. The van der Waals surface area contributed by atoms with E-state index >= 15 is 0 Å². The third-order valence-electron chi connectivity index (χ3n) is 8.10. The third kappa shape index (κ3) is 34.6. The number of hydrogen-bond donors (Lipinski definition) is 2. The van der Waals surface area contributed by atoms with Gasteiger partial charge in [0.05, 0.1) is 0 Å². The Morgan fingerprint density at radius 1 is 0.381 bits per heavy atom. The van der Waals surface area contributed by atoms with Crippen molar-refractivity contribution >= 4 is 11.8 Å². The smallest absolute Gasteiger partial charge is 0.220 e. The highest BCUT2D eigenvalue weighted by atomic mass is 16.2. The van der Waals surface area contributed by atoms with Crippen LogP contribution in [0, 0.1) is 0 Å². The van der Waals surface area contributed by atoms with Crippen molar-refractivity contribution in [3.63, 3.8) is 0 Å². The van der Waals surface area contributed by atoms with Crippen molar-refractivity contribution in [1.29, 1.82) is 0 Å². The van der Waals surface area contributed by atoms with Crippen LogP contribution in [0.15, 0.2) is 24.3 Å². The molecule has 0 saturated carbocycles. The molecule has 246 valence electrons. The van der Waals surface area contributed by atoms with Crippen molar-refractivity contribution in [3.8, 4) is 0 Å². The van der Waals surface area contributed by atoms with Crippen LogP contribution < -0.4 is 10.6 Å². The van der Waals surface area contributed by atoms with Crippen LogP contribution in [0.1, 0.15) is 194 Å². The van der Waals surface area contributed by atoms with Gasteiger partial charge in [0.15, 0.2) is 0 Å². The highest BCUT2D eigenvalue weighted by Crippen LogP contribution is 2.12. The van der Waals surface area contributed by atoms with Crippen molar-refractivity contribution in [2.45, 2.75) is 194 Å². The number of unbranched alkanes of at least 4 members (excludes halogenated alkanes) is 22. The normalized spacial score (nSPS) is 11.6. The summed E-state index contributed by atoms with van der Waals surface area (Å²) in [6.45, 7) is 5.59. The summed E-state index contributed by atoms with van der Waals surface area (Å²) >= 11 is 0. The molecule has 0 aromatic rings. The maximum Gasteiger partial charge on any atom is 0.220 e. The molecule has 0 atom stereocenters. The first-order valence-corrected chi connectivity index (χ1v) is 18.5. The Morgan fingerprint density at radius 3 is 0.952 bits per heavy atom. The molecule has 0 aliphatic carbocycles. The van der Waals surface area contributed by atoms with Crippen molar-refractivity contribution in [2.75, 3.05) is 13.1 Å². The summed E-state index contributed by atoms with van der Waals surface area (Å²) in [5.74, 6) is 0.189. The third-order valence-corrected chi connectivity index (χ3v) is 8.10. The van der Waals surface area contributed by atoms with E-state index in [2.05, 4.69) is 48.8 Å². The minimum absolute atomic E-state index is 0.0946. The number of hydrogen-bond acceptors (Lipinski definition) is 2. The van der Waals surface area contributed by atoms with Gasteiger partial charge in [-0.25, -0.2) is 0 Å². The molecule has 2 N–H and O–H groups in total. The molecular weight excluding hydrogens is 516 g/mol. The van der Waals surface area contributed by atoms with E-state index in [1.807, 2.05) is 0 Å². The number of rotatable bonds is 33. The Morgan fingerprint density at radius 2 is 0.643 bits per heavy atom. The van der Waals surface area contributed by atoms with E-state index < -0.39 is 0 Å². The van der Waals surface area contributed by atoms with Gasteiger partial charge in [-0.05, 0) is 64.2 Å². The minimum atomic E-state index is 0.0946. The molecule has 0 aromatic heterocycles. The van der Waals surface area contributed by atoms with Crippen LogP contribution in [0.2, 0.25) is 0 Å². The van der Waals surface area contributed by atoms with Gasteiger partial charge < -0.3 is 10.6 Å². The fraction of sp³-hybridized carbons (Fsp3) is 0.842. The van der Waals surface area contributed by atoms with Crippen LogP contribution in [0.25, 0.3) is 0 Å². The second kappa shape index (κ2) is 35.6. The van der Waals surface area contributed by atoms with E-state index in [1.54, 1.807) is 0 Å². The molecule has 0 aromatic carbocycles. The molecule has 0 aliphatic heterocycles. The van der Waals surface area contributed by atoms with E-state index in [4.69, 9.17) is 0 Å². The second-order valence-corrected chi connectivity index (χ2v) is 12.4. The zero-order chi connectivity index (χ0) is 30.6. The fourth-order valence-electron chi connectivity index (χ4n) is 5.29. The molecule has 2 amide bonds. The first-order valence-electron chi connectivity index (χ1n) is 18.5. The van der Waals surface area contributed by atoms with Crippen molar-refractivity contribution in [2.24, 2.45) is 0 Å². The Labute approximate surface area is 262 Å². The lowest BCUT2D eigenvalue weighted by Gasteiger charge is -2.07. The summed E-state index contributed by atoms with van der Waals surface area (Å²) in [6.07, 6.45) is 43.7. The molecule has 0 spiro atoms. The number of amides is 2. The lowest BCUT2D eigenvalue weighted by molar-refractivity contribution is -0.123. The molecule has 0 radical (unpaired) electrons. The molecule has 0 bridgehead atoms. The molecule has 0 fully saturated rings. The van der Waals surface area contributed by atoms with E-state index in [0.29, 0.717) is 25.9 Å². The maximum absolute atomic E-state index is 12.0. The second-order valence-electron chi connectivity index (χ2n) is 12.4. The fourth-order valence-corrected chi connectivity index (χ4v) is 5.29. The van der Waals surface area contributed by atoms with Crippen LogP contribution in [-0.4, -0.2) is 24.9 Å². The monoisotopic (exact) mass is 589 g/mol. The summed E-state index contributed by atoms with van der Waals surface area (Å²) in [7, 11) is 0. The van der Waals surface area contributed by atoms with Gasteiger partial charge in [-0.3, -0.25) is 9.59 Å². The topological polar surface area (TPSA) is 58.2 Å². The average molecular weight is 589 g/mol. The van der Waals surface area contributed by atoms with E-state index in [0.717, 1.165) is 38.5 Å². The lowest BCUT2D eigenvalue weighted by Crippen LogP contribution is -2.34. The molecule has 42 heavy (non-hydrogen) atoms. The van der Waals surface area contributed by atoms with E-state index in [-0.39, 0.29) is 11.8 Å². The minimum Gasteiger partial charge on any atom is -0.354 e. The summed E-state index contributed by atoms with van der Waals surface area (Å²) in [5, 5.41) is 5.86. The summed E-state index contributed by atoms with van der Waals surface area (Å²) in [6, 6.07) is 0. The maximum atomic E-state index is 12.0. The van der Waals surface area contributed by atoms with Gasteiger partial charge in [0.25, 0.3) is 0 Å². The SMILES string of the molecule is CCCCCCCCCCCC=CCCCCC(=O)NCCNC(=O)CCCCC=CCCCCCCCCCCC. The number of carbonyl (C=O) groups excluding carboxylic acids is 2. The number of nitrogens with one attached hydrogen (secondary N) is 2. The van der Waals surface area contributed by atoms with Gasteiger partial charge >= 0.3 is 0 Å². The van der Waals surface area contributed by atoms with Crippen LogP contribution >= 0.6 is 0 Å². The molecular formula is C38H72N2O2. The van der Waals surface area contributed by atoms with Crippen LogP contribution in [0.5, 0.6) is 0 Å². The van der Waals surface area contributed by atoms with Gasteiger partial charge in [-0.1, -0.05) is 141 Å². The van der Waals surface area contributed by atoms with Gasteiger partial charge in [-0.15, -0.1) is 0 Å². The predicted molar refractivity (Wildman–Crippen MR) is 185 cm³/mol. The van der Waals surface area contributed by atoms with E-state index in [1.165, 1.54) is 128 Å². The van der Waals surface area contributed by atoms with Gasteiger partial charge in [0.2, 0.25) is 11.8 Å². The molecule has 0 unspecified atom stereocenters. The van der Waals surface area contributed by atoms with Crippen LogP contribution in [0.4, 0.5) is 0 Å². The Bertz CT molecular complexity index is 575. The number of allylic oxidation sites excluding steroid dienone is 4. The highest BCUT2D eigenvalue weighted by molar-refractivity contribution is 5.77. The molecule has 4 nitrogen and oxygen atoms in total. The van der Waals surface area contributed by atoms with E-state index in [9.17, 15) is 9.59 Å². The first kappa shape index (κ1) is 40.4. The molecule has 4 heteroatoms. The molecule has 0 saturated heterocycles. The molecule has 0 heterocycles. The van der Waals surface area contributed by atoms with Crippen molar-refractivity contribution in [3.05, 3.63) is 24.3 Å². The quantitative estimate of drug-likeness (QED) is 0.0591. The molecule has 0 rings (SSSR count). The zero-order valence-corrected chi connectivity index (χ0v) is 28.3. The predicted octanol–water partition coefficient (Wildman–Crippen LogP) is 11.3. The van der Waals surface area contributed by atoms with Crippen LogP contribution in [-0.2, 0) is 9.59 Å². The largest absolute Gasteiger partial charge is 0.354 e. The number of carbonyl (C=O) groups is 2. The lowest BCUT2D eigenvalue weighted by atomic mass is 10.1.